The normalized spacial score (nSPS) is 14.6. The second kappa shape index (κ2) is 10.7. The van der Waals surface area contributed by atoms with E-state index >= 15 is 0 Å². The van der Waals surface area contributed by atoms with Crippen LogP contribution in [0.2, 0.25) is 0 Å². The van der Waals surface area contributed by atoms with Crippen LogP contribution in [0.5, 0.6) is 0 Å². The van der Waals surface area contributed by atoms with Crippen molar-refractivity contribution in [2.45, 2.75) is 39.2 Å². The number of H-pyrrole nitrogens is 1. The summed E-state index contributed by atoms with van der Waals surface area (Å²) in [5.41, 5.74) is 9.08. The molecule has 0 atom stereocenters. The maximum atomic E-state index is 4.98. The molecule has 8 nitrogen and oxygen atoms in total. The lowest BCUT2D eigenvalue weighted by molar-refractivity contribution is 0.202. The van der Waals surface area contributed by atoms with Crippen LogP contribution in [0.4, 0.5) is 0 Å². The van der Waals surface area contributed by atoms with E-state index in [9.17, 15) is 0 Å². The highest BCUT2D eigenvalue weighted by molar-refractivity contribution is 5.81. The predicted octanol–water partition coefficient (Wildman–Crippen LogP) is 6.24. The van der Waals surface area contributed by atoms with Gasteiger partial charge in [-0.15, -0.1) is 0 Å². The van der Waals surface area contributed by atoms with Gasteiger partial charge in [0, 0.05) is 29.3 Å². The van der Waals surface area contributed by atoms with Crippen LogP contribution < -0.4 is 0 Å². The highest BCUT2D eigenvalue weighted by atomic mass is 15.3. The number of aromatic nitrogens is 7. The van der Waals surface area contributed by atoms with Gasteiger partial charge in [-0.1, -0.05) is 60.7 Å². The minimum absolute atomic E-state index is 0.392. The van der Waals surface area contributed by atoms with Crippen molar-refractivity contribution >= 4 is 5.65 Å². The molecular weight excluding hydrogens is 508 g/mol. The van der Waals surface area contributed by atoms with E-state index < -0.39 is 0 Å². The van der Waals surface area contributed by atoms with E-state index in [1.165, 1.54) is 5.56 Å². The summed E-state index contributed by atoms with van der Waals surface area (Å²) >= 11 is 0. The average molecular weight is 541 g/mol. The molecule has 0 bridgehead atoms. The Balaban J connectivity index is 1.04. The van der Waals surface area contributed by atoms with Gasteiger partial charge in [-0.25, -0.2) is 19.5 Å². The Morgan fingerprint density at radius 1 is 0.756 bits per heavy atom. The maximum absolute atomic E-state index is 4.98. The summed E-state index contributed by atoms with van der Waals surface area (Å²) in [4.78, 5) is 16.8. The molecule has 6 aromatic rings. The van der Waals surface area contributed by atoms with Gasteiger partial charge in [-0.2, -0.15) is 10.2 Å². The molecule has 0 radical (unpaired) electrons. The smallest absolute Gasteiger partial charge is 0.199 e. The second-order valence-electron chi connectivity index (χ2n) is 10.9. The third-order valence-corrected chi connectivity index (χ3v) is 7.89. The van der Waals surface area contributed by atoms with E-state index in [0.717, 1.165) is 83.5 Å². The topological polar surface area (TPSA) is 87.9 Å². The monoisotopic (exact) mass is 540 g/mol. The van der Waals surface area contributed by atoms with Crippen LogP contribution in [-0.2, 0) is 6.54 Å². The lowest BCUT2D eigenvalue weighted by Gasteiger charge is -2.30. The number of hydrogen-bond acceptors (Lipinski definition) is 6. The van der Waals surface area contributed by atoms with Crippen LogP contribution >= 0.6 is 0 Å². The van der Waals surface area contributed by atoms with Crippen molar-refractivity contribution in [3.05, 3.63) is 108 Å². The molecule has 0 amide bonds. The summed E-state index contributed by atoms with van der Waals surface area (Å²) < 4.78 is 1.97. The maximum Gasteiger partial charge on any atom is 0.199 e. The standard InChI is InChI=1S/C33H32N8/c1-22-7-6-10-28(34-22)33-36-32(37-38-33)27-17-19-40(20-18-27)21-24-12-14-25(15-13-24)30-31(26-8-4-3-5-9-26)41-29(35-30)16-11-23(2)39-41/h3-16,27H,17-21H2,1-2H3,(H,36,37,38). The molecule has 7 rings (SSSR count). The molecule has 0 saturated carbocycles. The third kappa shape index (κ3) is 5.14. The zero-order chi connectivity index (χ0) is 27.8. The van der Waals surface area contributed by atoms with E-state index in [0.29, 0.717) is 11.7 Å². The lowest BCUT2D eigenvalue weighted by Crippen LogP contribution is -2.32. The number of imidazole rings is 1. The number of nitrogens with zero attached hydrogens (tertiary/aromatic N) is 7. The number of fused-ring (bicyclic) bond motifs is 1. The molecule has 1 N–H and O–H groups in total. The highest BCUT2D eigenvalue weighted by Crippen LogP contribution is 2.33. The van der Waals surface area contributed by atoms with Gasteiger partial charge in [0.25, 0.3) is 0 Å². The van der Waals surface area contributed by atoms with Crippen molar-refractivity contribution in [1.29, 1.82) is 0 Å². The number of aromatic amines is 1. The number of piperidine rings is 1. The predicted molar refractivity (Wildman–Crippen MR) is 160 cm³/mol. The Labute approximate surface area is 239 Å². The molecule has 0 unspecified atom stereocenters. The number of likely N-dealkylation sites (tertiary alicyclic amines) is 1. The van der Waals surface area contributed by atoms with Crippen LogP contribution in [0.15, 0.2) is 84.9 Å². The summed E-state index contributed by atoms with van der Waals surface area (Å²) in [6, 6.07) is 29.2. The quantitative estimate of drug-likeness (QED) is 0.269. The molecule has 4 aromatic heterocycles. The molecular formula is C33H32N8. The van der Waals surface area contributed by atoms with E-state index in [-0.39, 0.29) is 0 Å². The van der Waals surface area contributed by atoms with E-state index in [1.807, 2.05) is 54.8 Å². The summed E-state index contributed by atoms with van der Waals surface area (Å²) in [5.74, 6) is 2.04. The SMILES string of the molecule is Cc1cccc(-c2n[nH]c(C3CCN(Cc4ccc(-c5nc6ccc(C)nn6c5-c5ccccc5)cc4)CC3)n2)n1. The summed E-state index contributed by atoms with van der Waals surface area (Å²) in [6.07, 6.45) is 2.12. The van der Waals surface area contributed by atoms with E-state index in [2.05, 4.69) is 68.6 Å². The Bertz CT molecular complexity index is 1790. The van der Waals surface area contributed by atoms with Crippen LogP contribution in [0.3, 0.4) is 0 Å². The molecule has 0 spiro atoms. The van der Waals surface area contributed by atoms with Crippen molar-refractivity contribution in [3.8, 4) is 34.0 Å². The van der Waals surface area contributed by atoms with Crippen LogP contribution in [0.25, 0.3) is 39.7 Å². The first-order chi connectivity index (χ1) is 20.1. The zero-order valence-electron chi connectivity index (χ0n) is 23.3. The van der Waals surface area contributed by atoms with Crippen molar-refractivity contribution in [3.63, 3.8) is 0 Å². The number of benzene rings is 2. The van der Waals surface area contributed by atoms with E-state index in [1.54, 1.807) is 0 Å². The van der Waals surface area contributed by atoms with Gasteiger partial charge >= 0.3 is 0 Å². The van der Waals surface area contributed by atoms with Crippen LogP contribution in [-0.4, -0.2) is 52.8 Å². The van der Waals surface area contributed by atoms with Gasteiger partial charge < -0.3 is 0 Å². The number of pyridine rings is 1. The first kappa shape index (κ1) is 25.3. The fraction of sp³-hybridized carbons (Fsp3) is 0.242. The van der Waals surface area contributed by atoms with Crippen molar-refractivity contribution < 1.29 is 0 Å². The molecule has 1 aliphatic heterocycles. The van der Waals surface area contributed by atoms with Crippen molar-refractivity contribution in [2.24, 2.45) is 0 Å². The first-order valence-electron chi connectivity index (χ1n) is 14.2. The van der Waals surface area contributed by atoms with Gasteiger partial charge in [-0.3, -0.25) is 10.00 Å². The van der Waals surface area contributed by atoms with E-state index in [4.69, 9.17) is 15.1 Å². The highest BCUT2D eigenvalue weighted by Gasteiger charge is 2.24. The largest absolute Gasteiger partial charge is 0.299 e. The Morgan fingerprint density at radius 3 is 2.34 bits per heavy atom. The molecule has 1 saturated heterocycles. The fourth-order valence-electron chi connectivity index (χ4n) is 5.71. The Kier molecular flexibility index (Phi) is 6.60. The molecule has 204 valence electrons. The van der Waals surface area contributed by atoms with Crippen LogP contribution in [0, 0.1) is 13.8 Å². The zero-order valence-corrected chi connectivity index (χ0v) is 23.3. The lowest BCUT2D eigenvalue weighted by atomic mass is 9.95. The molecule has 41 heavy (non-hydrogen) atoms. The number of aryl methyl sites for hydroxylation is 2. The average Bonchev–Trinajstić information content (AvgIpc) is 3.64. The number of rotatable bonds is 6. The Hall–Kier alpha value is -4.69. The van der Waals surface area contributed by atoms with Gasteiger partial charge in [-0.05, 0) is 69.6 Å². The molecule has 1 fully saturated rings. The summed E-state index contributed by atoms with van der Waals surface area (Å²) in [7, 11) is 0. The van der Waals surface area contributed by atoms with Gasteiger partial charge in [0.05, 0.1) is 11.4 Å². The van der Waals surface area contributed by atoms with Crippen molar-refractivity contribution in [2.75, 3.05) is 13.1 Å². The van der Waals surface area contributed by atoms with Gasteiger partial charge in [0.1, 0.15) is 17.2 Å². The first-order valence-corrected chi connectivity index (χ1v) is 14.2. The number of nitrogens with one attached hydrogen (secondary N) is 1. The van der Waals surface area contributed by atoms with Crippen LogP contribution in [0.1, 0.15) is 41.5 Å². The second-order valence-corrected chi connectivity index (χ2v) is 10.9. The Morgan fingerprint density at radius 2 is 1.56 bits per heavy atom. The number of hydrogen-bond donors (Lipinski definition) is 1. The summed E-state index contributed by atoms with van der Waals surface area (Å²) in [5, 5.41) is 12.4. The minimum Gasteiger partial charge on any atom is -0.299 e. The van der Waals surface area contributed by atoms with Gasteiger partial charge in [0.15, 0.2) is 11.5 Å². The molecule has 8 heteroatoms. The molecule has 1 aliphatic rings. The molecule has 5 heterocycles. The minimum atomic E-state index is 0.392. The third-order valence-electron chi connectivity index (χ3n) is 7.89. The fourth-order valence-corrected chi connectivity index (χ4v) is 5.71. The molecule has 0 aliphatic carbocycles. The van der Waals surface area contributed by atoms with Crippen molar-refractivity contribution in [1.82, 2.24) is 39.7 Å². The summed E-state index contributed by atoms with van der Waals surface area (Å²) in [6.45, 7) is 6.98. The van der Waals surface area contributed by atoms with Gasteiger partial charge in [0.2, 0.25) is 0 Å². The molecule has 2 aromatic carbocycles.